The number of aromatic amines is 1. The Hall–Kier alpha value is -1.99. The molecule has 6 nitrogen and oxygen atoms in total. The highest BCUT2D eigenvalue weighted by molar-refractivity contribution is 7.17. The standard InChI is InChI=1S/C19H24N6S/c1-2-7-25-8-3-15-17(22-12-21-15)19(25)5-9-24(10-6-19)18-16-14(4-11-26-16)20-13-23-18/h4,11-13H,2-3,5-10H2,1H3,(H,21,22). The molecule has 0 bridgehead atoms. The highest BCUT2D eigenvalue weighted by Crippen LogP contribution is 2.43. The van der Waals surface area contributed by atoms with Gasteiger partial charge in [-0.15, -0.1) is 11.3 Å². The Bertz CT molecular complexity index is 908. The molecule has 2 aliphatic rings. The second-order valence-corrected chi connectivity index (χ2v) is 8.23. The van der Waals surface area contributed by atoms with E-state index in [1.807, 2.05) is 6.33 Å². The predicted octanol–water partition coefficient (Wildman–Crippen LogP) is 3.18. The van der Waals surface area contributed by atoms with E-state index < -0.39 is 0 Å². The van der Waals surface area contributed by atoms with Gasteiger partial charge in [0.15, 0.2) is 0 Å². The largest absolute Gasteiger partial charge is 0.355 e. The molecule has 0 aliphatic carbocycles. The molecule has 5 rings (SSSR count). The zero-order valence-electron chi connectivity index (χ0n) is 15.1. The monoisotopic (exact) mass is 368 g/mol. The van der Waals surface area contributed by atoms with E-state index in [-0.39, 0.29) is 5.54 Å². The molecule has 136 valence electrons. The van der Waals surface area contributed by atoms with E-state index in [9.17, 15) is 0 Å². The Labute approximate surface area is 157 Å². The lowest BCUT2D eigenvalue weighted by Gasteiger charge is -2.50. The summed E-state index contributed by atoms with van der Waals surface area (Å²) in [4.78, 5) is 22.3. The first-order valence-electron chi connectivity index (χ1n) is 9.53. The molecule has 5 heterocycles. The van der Waals surface area contributed by atoms with Gasteiger partial charge in [0.2, 0.25) is 0 Å². The molecule has 1 fully saturated rings. The molecule has 26 heavy (non-hydrogen) atoms. The molecule has 0 amide bonds. The number of hydrogen-bond donors (Lipinski definition) is 1. The van der Waals surface area contributed by atoms with Crippen molar-refractivity contribution in [3.05, 3.63) is 35.5 Å². The maximum absolute atomic E-state index is 4.77. The minimum absolute atomic E-state index is 0.0850. The first-order chi connectivity index (χ1) is 12.8. The second kappa shape index (κ2) is 6.32. The lowest BCUT2D eigenvalue weighted by Crippen LogP contribution is -2.56. The van der Waals surface area contributed by atoms with Gasteiger partial charge in [-0.2, -0.15) is 0 Å². The molecule has 1 spiro atoms. The smallest absolute Gasteiger partial charge is 0.150 e. The van der Waals surface area contributed by atoms with E-state index >= 15 is 0 Å². The summed E-state index contributed by atoms with van der Waals surface area (Å²) in [6.45, 7) is 6.57. The minimum atomic E-state index is 0.0850. The van der Waals surface area contributed by atoms with Crippen LogP contribution in [0, 0.1) is 0 Å². The van der Waals surface area contributed by atoms with E-state index in [0.717, 1.165) is 56.8 Å². The van der Waals surface area contributed by atoms with Gasteiger partial charge in [-0.25, -0.2) is 15.0 Å². The Balaban J connectivity index is 1.46. The third kappa shape index (κ3) is 2.37. The molecule has 0 aromatic carbocycles. The number of rotatable bonds is 3. The summed E-state index contributed by atoms with van der Waals surface area (Å²) in [5.74, 6) is 1.10. The van der Waals surface area contributed by atoms with E-state index in [4.69, 9.17) is 4.98 Å². The van der Waals surface area contributed by atoms with Crippen molar-refractivity contribution < 1.29 is 0 Å². The van der Waals surface area contributed by atoms with Crippen LogP contribution in [-0.2, 0) is 12.0 Å². The van der Waals surface area contributed by atoms with Crippen molar-refractivity contribution in [1.82, 2.24) is 24.8 Å². The number of anilines is 1. The third-order valence-electron chi connectivity index (χ3n) is 6.00. The normalized spacial score (nSPS) is 20.0. The van der Waals surface area contributed by atoms with Gasteiger partial charge in [0.05, 0.1) is 27.8 Å². The topological polar surface area (TPSA) is 60.9 Å². The van der Waals surface area contributed by atoms with Gasteiger partial charge in [-0.1, -0.05) is 6.92 Å². The molecule has 3 aromatic rings. The number of aromatic nitrogens is 4. The second-order valence-electron chi connectivity index (χ2n) is 7.32. The third-order valence-corrected chi connectivity index (χ3v) is 6.90. The van der Waals surface area contributed by atoms with Gasteiger partial charge >= 0.3 is 0 Å². The van der Waals surface area contributed by atoms with E-state index in [2.05, 4.69) is 43.1 Å². The summed E-state index contributed by atoms with van der Waals surface area (Å²) in [5.41, 5.74) is 3.77. The Morgan fingerprint density at radius 1 is 1.19 bits per heavy atom. The van der Waals surface area contributed by atoms with Crippen LogP contribution >= 0.6 is 11.3 Å². The number of piperidine rings is 1. The van der Waals surface area contributed by atoms with Crippen molar-refractivity contribution in [2.75, 3.05) is 31.1 Å². The average Bonchev–Trinajstić information content (AvgIpc) is 3.34. The molecular weight excluding hydrogens is 344 g/mol. The van der Waals surface area contributed by atoms with Gasteiger partial charge in [0, 0.05) is 31.7 Å². The van der Waals surface area contributed by atoms with E-state index in [0.29, 0.717) is 0 Å². The molecule has 2 aliphatic heterocycles. The summed E-state index contributed by atoms with van der Waals surface area (Å²) >= 11 is 1.74. The van der Waals surface area contributed by atoms with Crippen LogP contribution in [0.4, 0.5) is 5.82 Å². The Morgan fingerprint density at radius 3 is 2.92 bits per heavy atom. The average molecular weight is 369 g/mol. The highest BCUT2D eigenvalue weighted by atomic mass is 32.1. The Morgan fingerprint density at radius 2 is 2.08 bits per heavy atom. The molecule has 0 atom stereocenters. The molecule has 1 N–H and O–H groups in total. The van der Waals surface area contributed by atoms with Crippen LogP contribution in [0.1, 0.15) is 37.6 Å². The van der Waals surface area contributed by atoms with Gasteiger partial charge in [-0.05, 0) is 37.3 Å². The van der Waals surface area contributed by atoms with Crippen molar-refractivity contribution in [3.8, 4) is 0 Å². The summed E-state index contributed by atoms with van der Waals surface area (Å²) in [6, 6.07) is 2.08. The van der Waals surface area contributed by atoms with Gasteiger partial charge in [0.25, 0.3) is 0 Å². The van der Waals surface area contributed by atoms with Crippen molar-refractivity contribution in [1.29, 1.82) is 0 Å². The van der Waals surface area contributed by atoms with Gasteiger partial charge < -0.3 is 9.88 Å². The quantitative estimate of drug-likeness (QED) is 0.769. The first kappa shape index (κ1) is 16.2. The van der Waals surface area contributed by atoms with Crippen LogP contribution in [0.25, 0.3) is 10.2 Å². The lowest BCUT2D eigenvalue weighted by atomic mass is 9.78. The SMILES string of the molecule is CCCN1CCc2[nH]cnc2C12CCN(c1ncnc3ccsc13)CC2. The summed E-state index contributed by atoms with van der Waals surface area (Å²) in [6.07, 6.45) is 8.05. The van der Waals surface area contributed by atoms with Crippen LogP contribution in [0.15, 0.2) is 24.1 Å². The maximum atomic E-state index is 4.77. The predicted molar refractivity (Wildman–Crippen MR) is 105 cm³/mol. The Kier molecular flexibility index (Phi) is 3.94. The van der Waals surface area contributed by atoms with E-state index in [1.165, 1.54) is 22.5 Å². The highest BCUT2D eigenvalue weighted by Gasteiger charge is 2.46. The van der Waals surface area contributed by atoms with Crippen LogP contribution in [-0.4, -0.2) is 51.0 Å². The zero-order valence-corrected chi connectivity index (χ0v) is 15.9. The minimum Gasteiger partial charge on any atom is -0.355 e. The molecule has 1 saturated heterocycles. The number of H-pyrrole nitrogens is 1. The number of hydrogen-bond acceptors (Lipinski definition) is 6. The number of thiophene rings is 1. The number of imidazole rings is 1. The molecule has 3 aromatic heterocycles. The first-order valence-corrected chi connectivity index (χ1v) is 10.4. The number of fused-ring (bicyclic) bond motifs is 3. The molecule has 7 heteroatoms. The van der Waals surface area contributed by atoms with E-state index in [1.54, 1.807) is 17.7 Å². The molecule has 0 unspecified atom stereocenters. The maximum Gasteiger partial charge on any atom is 0.150 e. The molecule has 0 saturated carbocycles. The number of nitrogens with zero attached hydrogens (tertiary/aromatic N) is 5. The summed E-state index contributed by atoms with van der Waals surface area (Å²) in [7, 11) is 0. The van der Waals surface area contributed by atoms with Crippen LogP contribution < -0.4 is 4.90 Å². The lowest BCUT2D eigenvalue weighted by molar-refractivity contribution is 0.0444. The van der Waals surface area contributed by atoms with Crippen molar-refractivity contribution in [2.24, 2.45) is 0 Å². The summed E-state index contributed by atoms with van der Waals surface area (Å²) in [5, 5.41) is 2.11. The van der Waals surface area contributed by atoms with Crippen molar-refractivity contribution >= 4 is 27.4 Å². The van der Waals surface area contributed by atoms with Crippen molar-refractivity contribution in [2.45, 2.75) is 38.1 Å². The van der Waals surface area contributed by atoms with Crippen LogP contribution in [0.5, 0.6) is 0 Å². The fraction of sp³-hybridized carbons (Fsp3) is 0.526. The zero-order chi connectivity index (χ0) is 17.6. The van der Waals surface area contributed by atoms with Crippen molar-refractivity contribution in [3.63, 3.8) is 0 Å². The van der Waals surface area contributed by atoms with Gasteiger partial charge in [0.1, 0.15) is 12.1 Å². The fourth-order valence-electron chi connectivity index (χ4n) is 4.76. The number of nitrogens with one attached hydrogen (secondary N) is 1. The molecule has 0 radical (unpaired) electrons. The summed E-state index contributed by atoms with van der Waals surface area (Å²) < 4.78 is 1.21. The fourth-order valence-corrected chi connectivity index (χ4v) is 5.62. The van der Waals surface area contributed by atoms with Gasteiger partial charge in [-0.3, -0.25) is 4.90 Å². The van der Waals surface area contributed by atoms with Crippen LogP contribution in [0.2, 0.25) is 0 Å². The van der Waals surface area contributed by atoms with Crippen LogP contribution in [0.3, 0.4) is 0 Å². The molecular formula is C19H24N6S.